The number of hydrogen-bond donors (Lipinski definition) is 0. The lowest BCUT2D eigenvalue weighted by molar-refractivity contribution is 0.184. The summed E-state index contributed by atoms with van der Waals surface area (Å²) in [5.74, 6) is 1.04. The third kappa shape index (κ3) is 2.93. The normalized spacial score (nSPS) is 21.9. The highest BCUT2D eigenvalue weighted by Gasteiger charge is 2.31. The molecule has 1 aromatic carbocycles. The van der Waals surface area contributed by atoms with Crippen LogP contribution in [0.25, 0.3) is 11.0 Å². The number of alkyl halides is 1. The van der Waals surface area contributed by atoms with Crippen molar-refractivity contribution in [2.24, 2.45) is 5.41 Å². The van der Waals surface area contributed by atoms with Crippen molar-refractivity contribution in [3.63, 3.8) is 0 Å². The molecule has 0 radical (unpaired) electrons. The van der Waals surface area contributed by atoms with Crippen LogP contribution in [0.2, 0.25) is 0 Å². The zero-order valence-electron chi connectivity index (χ0n) is 12.3. The van der Waals surface area contributed by atoms with E-state index in [1.54, 1.807) is 6.07 Å². The molecule has 1 saturated carbocycles. The van der Waals surface area contributed by atoms with Gasteiger partial charge in [0.15, 0.2) is 0 Å². The van der Waals surface area contributed by atoms with Crippen molar-refractivity contribution in [2.45, 2.75) is 51.5 Å². The molecule has 0 aliphatic heterocycles. The molecule has 0 bridgehead atoms. The minimum absolute atomic E-state index is 0.180. The van der Waals surface area contributed by atoms with Crippen molar-refractivity contribution < 1.29 is 4.39 Å². The summed E-state index contributed by atoms with van der Waals surface area (Å²) in [5, 5.41) is 0. The minimum Gasteiger partial charge on any atom is -0.324 e. The third-order valence-electron chi connectivity index (χ3n) is 4.47. The number of aromatic nitrogens is 2. The second-order valence-corrected chi connectivity index (χ2v) is 8.13. The van der Waals surface area contributed by atoms with Crippen LogP contribution in [0.3, 0.4) is 0 Å². The molecule has 114 valence electrons. The van der Waals surface area contributed by atoms with Gasteiger partial charge in [-0.25, -0.2) is 9.37 Å². The third-order valence-corrected chi connectivity index (χ3v) is 5.53. The molecule has 0 N–H and O–H groups in total. The Kier molecular flexibility index (Phi) is 4.21. The molecule has 1 aliphatic rings. The number of halogens is 3. The van der Waals surface area contributed by atoms with Gasteiger partial charge < -0.3 is 4.57 Å². The first-order chi connectivity index (χ1) is 9.91. The van der Waals surface area contributed by atoms with E-state index in [4.69, 9.17) is 11.6 Å². The maximum absolute atomic E-state index is 14.0. The van der Waals surface area contributed by atoms with Gasteiger partial charge in [-0.1, -0.05) is 20.3 Å². The maximum Gasteiger partial charge on any atom is 0.138 e. The van der Waals surface area contributed by atoms with E-state index in [0.29, 0.717) is 20.9 Å². The van der Waals surface area contributed by atoms with E-state index in [2.05, 4.69) is 23.4 Å². The van der Waals surface area contributed by atoms with Gasteiger partial charge in [0, 0.05) is 12.1 Å². The van der Waals surface area contributed by atoms with Gasteiger partial charge in [-0.15, -0.1) is 11.6 Å². The second-order valence-electron chi connectivity index (χ2n) is 6.70. The first kappa shape index (κ1) is 15.5. The summed E-state index contributed by atoms with van der Waals surface area (Å²) in [6.45, 7) is 4.62. The lowest BCUT2D eigenvalue weighted by Gasteiger charge is -2.36. The van der Waals surface area contributed by atoms with E-state index in [1.807, 2.05) is 28.7 Å². The van der Waals surface area contributed by atoms with Gasteiger partial charge in [0.1, 0.15) is 11.6 Å². The number of hydrogen-bond acceptors (Lipinski definition) is 1. The molecule has 2 aromatic rings. The Hall–Kier alpha value is -0.360. The van der Waals surface area contributed by atoms with Crippen LogP contribution in [0.1, 0.15) is 51.4 Å². The van der Waals surface area contributed by atoms with Crippen molar-refractivity contribution in [1.82, 2.24) is 9.55 Å². The number of benzene rings is 1. The summed E-state index contributed by atoms with van der Waals surface area (Å²) in [6.07, 6.45) is 4.66. The van der Waals surface area contributed by atoms with E-state index in [1.165, 1.54) is 12.8 Å². The quantitative estimate of drug-likeness (QED) is 0.453. The van der Waals surface area contributed by atoms with Crippen LogP contribution in [0.15, 0.2) is 12.1 Å². The van der Waals surface area contributed by atoms with Crippen LogP contribution < -0.4 is 0 Å². The van der Waals surface area contributed by atoms with Crippen molar-refractivity contribution >= 4 is 45.2 Å². The van der Waals surface area contributed by atoms with Crippen LogP contribution in [-0.4, -0.2) is 9.55 Å². The van der Waals surface area contributed by atoms with E-state index in [-0.39, 0.29) is 5.82 Å². The molecular formula is C16H19ClFIN2. The second kappa shape index (κ2) is 5.69. The van der Waals surface area contributed by atoms with E-state index in [0.717, 1.165) is 29.7 Å². The Morgan fingerprint density at radius 1 is 1.48 bits per heavy atom. The molecule has 1 fully saturated rings. The molecule has 0 saturated heterocycles. The van der Waals surface area contributed by atoms with Gasteiger partial charge in [-0.3, -0.25) is 0 Å². The molecule has 2 nitrogen and oxygen atoms in total. The predicted molar refractivity (Wildman–Crippen MR) is 93.3 cm³/mol. The SMILES string of the molecule is CC1(C)CCCC(n2c(CCl)nc3cc(I)c(F)cc32)C1. The van der Waals surface area contributed by atoms with E-state index in [9.17, 15) is 4.39 Å². The van der Waals surface area contributed by atoms with E-state index >= 15 is 0 Å². The fourth-order valence-corrected chi connectivity index (χ4v) is 4.16. The van der Waals surface area contributed by atoms with Gasteiger partial charge in [-0.2, -0.15) is 0 Å². The lowest BCUT2D eigenvalue weighted by atomic mass is 9.75. The van der Waals surface area contributed by atoms with Crippen molar-refractivity contribution in [2.75, 3.05) is 0 Å². The molecule has 3 rings (SSSR count). The molecule has 5 heteroatoms. The molecular weight excluding hydrogens is 402 g/mol. The van der Waals surface area contributed by atoms with Crippen molar-refractivity contribution in [3.05, 3.63) is 27.3 Å². The summed E-state index contributed by atoms with van der Waals surface area (Å²) < 4.78 is 16.8. The fraction of sp³-hybridized carbons (Fsp3) is 0.562. The number of rotatable bonds is 2. The van der Waals surface area contributed by atoms with Crippen molar-refractivity contribution in [3.8, 4) is 0 Å². The molecule has 0 spiro atoms. The highest BCUT2D eigenvalue weighted by atomic mass is 127. The number of imidazole rings is 1. The van der Waals surface area contributed by atoms with Crippen LogP contribution in [0.4, 0.5) is 4.39 Å². The highest BCUT2D eigenvalue weighted by Crippen LogP contribution is 2.42. The zero-order valence-corrected chi connectivity index (χ0v) is 15.2. The summed E-state index contributed by atoms with van der Waals surface area (Å²) in [5.41, 5.74) is 2.05. The van der Waals surface area contributed by atoms with Crippen LogP contribution in [-0.2, 0) is 5.88 Å². The summed E-state index contributed by atoms with van der Waals surface area (Å²) >= 11 is 8.10. The molecule has 1 aliphatic carbocycles. The molecule has 1 heterocycles. The molecule has 1 unspecified atom stereocenters. The van der Waals surface area contributed by atoms with Gasteiger partial charge in [-0.05, 0) is 53.3 Å². The highest BCUT2D eigenvalue weighted by molar-refractivity contribution is 14.1. The summed E-state index contributed by atoms with van der Waals surface area (Å²) in [7, 11) is 0. The number of nitrogens with zero attached hydrogens (tertiary/aromatic N) is 2. The average Bonchev–Trinajstić information content (AvgIpc) is 2.75. The molecule has 1 aromatic heterocycles. The average molecular weight is 421 g/mol. The predicted octanol–water partition coefficient (Wildman–Crippen LogP) is 5.66. The Bertz CT molecular complexity index is 680. The summed E-state index contributed by atoms with van der Waals surface area (Å²) in [6, 6.07) is 3.79. The maximum atomic E-state index is 14.0. The Balaban J connectivity index is 2.14. The fourth-order valence-electron chi connectivity index (χ4n) is 3.52. The van der Waals surface area contributed by atoms with Crippen molar-refractivity contribution in [1.29, 1.82) is 0 Å². The van der Waals surface area contributed by atoms with Gasteiger partial charge >= 0.3 is 0 Å². The Morgan fingerprint density at radius 2 is 2.24 bits per heavy atom. The summed E-state index contributed by atoms with van der Waals surface area (Å²) in [4.78, 5) is 4.62. The van der Waals surface area contributed by atoms with Crippen LogP contribution >= 0.6 is 34.2 Å². The zero-order chi connectivity index (χ0) is 15.2. The topological polar surface area (TPSA) is 17.8 Å². The Labute approximate surface area is 143 Å². The first-order valence-corrected chi connectivity index (χ1v) is 8.94. The molecule has 21 heavy (non-hydrogen) atoms. The van der Waals surface area contributed by atoms with Crippen LogP contribution in [0.5, 0.6) is 0 Å². The van der Waals surface area contributed by atoms with E-state index < -0.39 is 0 Å². The number of fused-ring (bicyclic) bond motifs is 1. The van der Waals surface area contributed by atoms with Gasteiger partial charge in [0.25, 0.3) is 0 Å². The minimum atomic E-state index is -0.180. The molecule has 0 amide bonds. The smallest absolute Gasteiger partial charge is 0.138 e. The lowest BCUT2D eigenvalue weighted by Crippen LogP contribution is -2.25. The largest absolute Gasteiger partial charge is 0.324 e. The monoisotopic (exact) mass is 420 g/mol. The molecule has 1 atom stereocenters. The van der Waals surface area contributed by atoms with Crippen LogP contribution in [0, 0.1) is 14.8 Å². The van der Waals surface area contributed by atoms with Gasteiger partial charge in [0.2, 0.25) is 0 Å². The Morgan fingerprint density at radius 3 is 2.90 bits per heavy atom. The first-order valence-electron chi connectivity index (χ1n) is 7.33. The standard InChI is InChI=1S/C16H19ClFIN2/c1-16(2)5-3-4-10(8-16)21-14-6-11(18)12(19)7-13(14)20-15(21)9-17/h6-7,10H,3-5,8-9H2,1-2H3. The van der Waals surface area contributed by atoms with Gasteiger partial charge in [0.05, 0.1) is 20.5 Å².